The molecular formula is C8H13NO3. The zero-order valence-corrected chi connectivity index (χ0v) is 6.99. The van der Waals surface area contributed by atoms with E-state index in [4.69, 9.17) is 0 Å². The van der Waals surface area contributed by atoms with Crippen molar-refractivity contribution < 1.29 is 9.72 Å². The maximum atomic E-state index is 11.1. The molecule has 0 spiro atoms. The lowest BCUT2D eigenvalue weighted by molar-refractivity contribution is -0.488. The summed E-state index contributed by atoms with van der Waals surface area (Å²) in [7, 11) is 0. The lowest BCUT2D eigenvalue weighted by Crippen LogP contribution is -2.15. The Morgan fingerprint density at radius 3 is 2.92 bits per heavy atom. The highest BCUT2D eigenvalue weighted by atomic mass is 16.6. The summed E-state index contributed by atoms with van der Waals surface area (Å²) in [5.74, 6) is 0.189. The van der Waals surface area contributed by atoms with Crippen molar-refractivity contribution in [3.8, 4) is 0 Å². The first-order valence-corrected chi connectivity index (χ1v) is 4.32. The van der Waals surface area contributed by atoms with Gasteiger partial charge in [-0.3, -0.25) is 14.9 Å². The van der Waals surface area contributed by atoms with E-state index >= 15 is 0 Å². The van der Waals surface area contributed by atoms with Gasteiger partial charge in [-0.15, -0.1) is 0 Å². The SMILES string of the molecule is O=C1CCCCC(C[N+](=O)[O-])C1. The number of nitrogens with zero attached hydrogens (tertiary/aromatic N) is 1. The topological polar surface area (TPSA) is 60.2 Å². The highest BCUT2D eigenvalue weighted by Crippen LogP contribution is 2.20. The molecule has 1 atom stereocenters. The number of carbonyl (C=O) groups excluding carboxylic acids is 1. The average molecular weight is 171 g/mol. The van der Waals surface area contributed by atoms with E-state index in [1.54, 1.807) is 0 Å². The van der Waals surface area contributed by atoms with Crippen LogP contribution in [0.3, 0.4) is 0 Å². The summed E-state index contributed by atoms with van der Waals surface area (Å²) in [6, 6.07) is 0. The summed E-state index contributed by atoms with van der Waals surface area (Å²) in [6.45, 7) is -0.0360. The number of Topliss-reactive ketones (excluding diaryl/α,β-unsaturated/α-hetero) is 1. The fourth-order valence-corrected chi connectivity index (χ4v) is 1.65. The molecule has 0 aromatic rings. The van der Waals surface area contributed by atoms with Crippen LogP contribution in [0.15, 0.2) is 0 Å². The minimum absolute atomic E-state index is 0.00463. The zero-order chi connectivity index (χ0) is 8.97. The number of ketones is 1. The minimum Gasteiger partial charge on any atom is -0.300 e. The molecule has 0 saturated heterocycles. The Balaban J connectivity index is 2.41. The van der Waals surface area contributed by atoms with E-state index < -0.39 is 0 Å². The van der Waals surface area contributed by atoms with Crippen LogP contribution in [-0.4, -0.2) is 17.3 Å². The Bertz CT molecular complexity index is 191. The molecule has 1 fully saturated rings. The van der Waals surface area contributed by atoms with E-state index in [1.165, 1.54) is 0 Å². The highest BCUT2D eigenvalue weighted by molar-refractivity contribution is 5.78. The average Bonchev–Trinajstić information content (AvgIpc) is 2.12. The van der Waals surface area contributed by atoms with Crippen LogP contribution in [0.4, 0.5) is 0 Å². The predicted octanol–water partition coefficient (Wildman–Crippen LogP) is 1.41. The third kappa shape index (κ3) is 2.98. The van der Waals surface area contributed by atoms with Gasteiger partial charge < -0.3 is 0 Å². The molecule has 1 unspecified atom stereocenters. The van der Waals surface area contributed by atoms with Gasteiger partial charge in [-0.25, -0.2) is 0 Å². The molecule has 1 aliphatic carbocycles. The molecule has 68 valence electrons. The van der Waals surface area contributed by atoms with Crippen LogP contribution in [0.5, 0.6) is 0 Å². The fourth-order valence-electron chi connectivity index (χ4n) is 1.65. The predicted molar refractivity (Wildman–Crippen MR) is 43.4 cm³/mol. The van der Waals surface area contributed by atoms with Gasteiger partial charge in [0.05, 0.1) is 0 Å². The summed E-state index contributed by atoms with van der Waals surface area (Å²) in [5, 5.41) is 10.2. The Kier molecular flexibility index (Phi) is 3.19. The third-order valence-corrected chi connectivity index (χ3v) is 2.24. The molecule has 0 radical (unpaired) electrons. The number of hydrogen-bond acceptors (Lipinski definition) is 3. The molecule has 4 heteroatoms. The van der Waals surface area contributed by atoms with Crippen molar-refractivity contribution in [3.63, 3.8) is 0 Å². The lowest BCUT2D eigenvalue weighted by Gasteiger charge is -2.06. The zero-order valence-electron chi connectivity index (χ0n) is 6.99. The second-order valence-corrected chi connectivity index (χ2v) is 3.37. The molecule has 0 aromatic carbocycles. The van der Waals surface area contributed by atoms with Crippen molar-refractivity contribution >= 4 is 5.78 Å². The largest absolute Gasteiger partial charge is 0.300 e. The summed E-state index contributed by atoms with van der Waals surface area (Å²) >= 11 is 0. The van der Waals surface area contributed by atoms with Gasteiger partial charge in [0.15, 0.2) is 0 Å². The third-order valence-electron chi connectivity index (χ3n) is 2.24. The van der Waals surface area contributed by atoms with Gasteiger partial charge in [0.2, 0.25) is 6.54 Å². The maximum absolute atomic E-state index is 11.1. The van der Waals surface area contributed by atoms with E-state index in [1.807, 2.05) is 0 Å². The van der Waals surface area contributed by atoms with Crippen molar-refractivity contribution in [3.05, 3.63) is 10.1 Å². The van der Waals surface area contributed by atoms with E-state index in [9.17, 15) is 14.9 Å². The number of nitro groups is 1. The van der Waals surface area contributed by atoms with Gasteiger partial charge in [0, 0.05) is 23.7 Å². The molecular weight excluding hydrogens is 158 g/mol. The molecule has 0 amide bonds. The first-order valence-electron chi connectivity index (χ1n) is 4.32. The molecule has 0 heterocycles. The Morgan fingerprint density at radius 2 is 2.25 bits per heavy atom. The van der Waals surface area contributed by atoms with Crippen LogP contribution in [0.25, 0.3) is 0 Å². The summed E-state index contributed by atoms with van der Waals surface area (Å²) < 4.78 is 0. The van der Waals surface area contributed by atoms with Crippen LogP contribution in [-0.2, 0) is 4.79 Å². The molecule has 0 N–H and O–H groups in total. The molecule has 1 aliphatic rings. The van der Waals surface area contributed by atoms with Gasteiger partial charge in [-0.05, 0) is 12.8 Å². The van der Waals surface area contributed by atoms with Gasteiger partial charge in [0.1, 0.15) is 5.78 Å². The molecule has 0 bridgehead atoms. The summed E-state index contributed by atoms with van der Waals surface area (Å²) in [6.07, 6.45) is 3.75. The smallest absolute Gasteiger partial charge is 0.207 e. The van der Waals surface area contributed by atoms with Crippen LogP contribution in [0.2, 0.25) is 0 Å². The maximum Gasteiger partial charge on any atom is 0.207 e. The van der Waals surface area contributed by atoms with Crippen molar-refractivity contribution in [1.82, 2.24) is 0 Å². The Hall–Kier alpha value is -0.930. The molecule has 0 aromatic heterocycles. The normalized spacial score (nSPS) is 25.0. The first-order chi connectivity index (χ1) is 5.68. The Morgan fingerprint density at radius 1 is 1.50 bits per heavy atom. The second kappa shape index (κ2) is 4.18. The molecule has 12 heavy (non-hydrogen) atoms. The van der Waals surface area contributed by atoms with Crippen molar-refractivity contribution in [2.45, 2.75) is 32.1 Å². The van der Waals surface area contributed by atoms with Crippen LogP contribution in [0.1, 0.15) is 32.1 Å². The number of rotatable bonds is 2. The van der Waals surface area contributed by atoms with Gasteiger partial charge >= 0.3 is 0 Å². The quantitative estimate of drug-likeness (QED) is 0.358. The summed E-state index contributed by atoms with van der Waals surface area (Å²) in [5.41, 5.74) is 0. The van der Waals surface area contributed by atoms with E-state index in [0.717, 1.165) is 19.3 Å². The van der Waals surface area contributed by atoms with E-state index in [0.29, 0.717) is 12.8 Å². The lowest BCUT2D eigenvalue weighted by atomic mass is 10.0. The number of hydrogen-bond donors (Lipinski definition) is 0. The second-order valence-electron chi connectivity index (χ2n) is 3.37. The monoisotopic (exact) mass is 171 g/mol. The Labute approximate surface area is 71.1 Å². The molecule has 4 nitrogen and oxygen atoms in total. The minimum atomic E-state index is -0.316. The number of carbonyl (C=O) groups is 1. The van der Waals surface area contributed by atoms with Crippen molar-refractivity contribution in [2.24, 2.45) is 5.92 Å². The van der Waals surface area contributed by atoms with Gasteiger partial charge in [-0.2, -0.15) is 0 Å². The molecule has 0 aliphatic heterocycles. The van der Waals surface area contributed by atoms with E-state index in [-0.39, 0.29) is 23.2 Å². The standard InChI is InChI=1S/C8H13NO3/c10-8-4-2-1-3-7(5-8)6-9(11)12/h7H,1-6H2. The summed E-state index contributed by atoms with van der Waals surface area (Å²) in [4.78, 5) is 20.9. The van der Waals surface area contributed by atoms with Crippen LogP contribution >= 0.6 is 0 Å². The molecule has 1 saturated carbocycles. The van der Waals surface area contributed by atoms with Crippen LogP contribution in [0, 0.1) is 16.0 Å². The molecule has 1 rings (SSSR count). The first kappa shape index (κ1) is 9.16. The van der Waals surface area contributed by atoms with Crippen LogP contribution < -0.4 is 0 Å². The van der Waals surface area contributed by atoms with E-state index in [2.05, 4.69) is 0 Å². The van der Waals surface area contributed by atoms with Crippen molar-refractivity contribution in [2.75, 3.05) is 6.54 Å². The fraction of sp³-hybridized carbons (Fsp3) is 0.875. The van der Waals surface area contributed by atoms with Crippen molar-refractivity contribution in [1.29, 1.82) is 0 Å². The van der Waals surface area contributed by atoms with Gasteiger partial charge in [-0.1, -0.05) is 6.42 Å². The van der Waals surface area contributed by atoms with Gasteiger partial charge in [0.25, 0.3) is 0 Å². The highest BCUT2D eigenvalue weighted by Gasteiger charge is 2.21.